The van der Waals surface area contributed by atoms with Gasteiger partial charge < -0.3 is 19.4 Å². The lowest BCUT2D eigenvalue weighted by molar-refractivity contribution is 0.0403. The highest BCUT2D eigenvalue weighted by Crippen LogP contribution is 2.37. The third kappa shape index (κ3) is 3.30. The van der Waals surface area contributed by atoms with E-state index in [4.69, 9.17) is 14.1 Å². The Hall–Kier alpha value is -3.16. The molecule has 0 radical (unpaired) electrons. The fourth-order valence-electron chi connectivity index (χ4n) is 4.31. The van der Waals surface area contributed by atoms with Gasteiger partial charge >= 0.3 is 0 Å². The number of nitrogens with one attached hydrogen (secondary N) is 1. The fourth-order valence-corrected chi connectivity index (χ4v) is 5.23. The van der Waals surface area contributed by atoms with E-state index >= 15 is 0 Å². The second kappa shape index (κ2) is 7.51. The molecule has 2 atom stereocenters. The van der Waals surface area contributed by atoms with Gasteiger partial charge in [-0.1, -0.05) is 24.3 Å². The number of para-hydroxylation sites is 2. The number of fused-ring (bicyclic) bond motifs is 2. The molecule has 6 rings (SSSR count). The predicted octanol–water partition coefficient (Wildman–Crippen LogP) is 5.30. The van der Waals surface area contributed by atoms with Crippen molar-refractivity contribution in [2.75, 3.05) is 18.5 Å². The Morgan fingerprint density at radius 1 is 1.10 bits per heavy atom. The third-order valence-corrected chi connectivity index (χ3v) is 6.90. The van der Waals surface area contributed by atoms with Crippen molar-refractivity contribution in [1.29, 1.82) is 0 Å². The summed E-state index contributed by atoms with van der Waals surface area (Å²) in [6, 6.07) is 19.5. The fraction of sp³-hybridized carbons (Fsp3) is 0.250. The van der Waals surface area contributed by atoms with Crippen LogP contribution in [0, 0.1) is 0 Å². The molecule has 0 bridgehead atoms. The minimum Gasteiger partial charge on any atom is -0.454 e. The van der Waals surface area contributed by atoms with Crippen LogP contribution in [0.3, 0.4) is 0 Å². The highest BCUT2D eigenvalue weighted by molar-refractivity contribution is 7.21. The molecule has 0 saturated carbocycles. The van der Waals surface area contributed by atoms with Gasteiger partial charge in [0, 0.05) is 18.8 Å². The van der Waals surface area contributed by atoms with E-state index in [1.807, 2.05) is 59.5 Å². The van der Waals surface area contributed by atoms with Crippen LogP contribution in [0.5, 0.6) is 0 Å². The van der Waals surface area contributed by atoms with Crippen molar-refractivity contribution < 1.29 is 13.9 Å². The topological polar surface area (TPSA) is 67.6 Å². The van der Waals surface area contributed by atoms with E-state index < -0.39 is 6.17 Å². The molecule has 0 spiro atoms. The summed E-state index contributed by atoms with van der Waals surface area (Å²) in [6.45, 7) is 1.28. The molecule has 1 N–H and O–H groups in total. The van der Waals surface area contributed by atoms with E-state index in [0.717, 1.165) is 40.4 Å². The van der Waals surface area contributed by atoms with Crippen molar-refractivity contribution in [3.8, 4) is 10.8 Å². The molecule has 2 aliphatic heterocycles. The van der Waals surface area contributed by atoms with Gasteiger partial charge in [-0.3, -0.25) is 4.79 Å². The number of carbonyl (C=O) groups is 1. The molecule has 1 saturated heterocycles. The van der Waals surface area contributed by atoms with Gasteiger partial charge in [-0.05, 0) is 49.2 Å². The van der Waals surface area contributed by atoms with Gasteiger partial charge in [0.2, 0.25) is 0 Å². The molecule has 1 amide bonds. The number of anilines is 1. The molecule has 0 unspecified atom stereocenters. The lowest BCUT2D eigenvalue weighted by Crippen LogP contribution is -2.46. The summed E-state index contributed by atoms with van der Waals surface area (Å²) in [5.74, 6) is 1.39. The Morgan fingerprint density at radius 3 is 2.84 bits per heavy atom. The zero-order valence-corrected chi connectivity index (χ0v) is 17.6. The van der Waals surface area contributed by atoms with Crippen LogP contribution < -0.4 is 5.32 Å². The van der Waals surface area contributed by atoms with Gasteiger partial charge in [0.1, 0.15) is 5.76 Å². The van der Waals surface area contributed by atoms with Crippen molar-refractivity contribution >= 4 is 33.1 Å². The quantitative estimate of drug-likeness (QED) is 0.475. The molecule has 4 heterocycles. The summed E-state index contributed by atoms with van der Waals surface area (Å²) in [6.07, 6.45) is 1.66. The Bertz CT molecular complexity index is 1220. The minimum absolute atomic E-state index is 0.00668. The summed E-state index contributed by atoms with van der Waals surface area (Å²) in [4.78, 5) is 19.9. The molecule has 2 aliphatic rings. The molecule has 2 aromatic carbocycles. The summed E-state index contributed by atoms with van der Waals surface area (Å²) in [5, 5.41) is 4.33. The molecule has 7 heteroatoms. The van der Waals surface area contributed by atoms with Gasteiger partial charge in [-0.15, -0.1) is 11.3 Å². The lowest BCUT2D eigenvalue weighted by Gasteiger charge is -2.37. The number of rotatable bonds is 4. The number of benzene rings is 2. The maximum absolute atomic E-state index is 13.4. The minimum atomic E-state index is -0.394. The second-order valence-electron chi connectivity index (χ2n) is 7.87. The molecule has 2 aromatic heterocycles. The normalized spacial score (nSPS) is 20.8. The second-order valence-corrected chi connectivity index (χ2v) is 8.90. The SMILES string of the molecule is O=C1c2ccccc2N[C@@H](c2ccc(-c3nc4ccccc4s3)o2)N1C[C@@H]1CCCO1. The van der Waals surface area contributed by atoms with Crippen LogP contribution in [0.2, 0.25) is 0 Å². The first-order chi connectivity index (χ1) is 15.3. The van der Waals surface area contributed by atoms with E-state index in [2.05, 4.69) is 11.4 Å². The number of furan rings is 1. The highest BCUT2D eigenvalue weighted by Gasteiger charge is 2.36. The smallest absolute Gasteiger partial charge is 0.258 e. The number of carbonyl (C=O) groups excluding carboxylic acids is 1. The Morgan fingerprint density at radius 2 is 1.97 bits per heavy atom. The van der Waals surface area contributed by atoms with Gasteiger partial charge in [-0.25, -0.2) is 4.98 Å². The molecular formula is C24H21N3O3S. The van der Waals surface area contributed by atoms with E-state index in [-0.39, 0.29) is 12.0 Å². The van der Waals surface area contributed by atoms with Crippen LogP contribution in [-0.2, 0) is 4.74 Å². The summed E-state index contributed by atoms with van der Waals surface area (Å²) < 4.78 is 13.2. The van der Waals surface area contributed by atoms with E-state index in [1.165, 1.54) is 0 Å². The zero-order chi connectivity index (χ0) is 20.8. The van der Waals surface area contributed by atoms with Crippen LogP contribution >= 0.6 is 11.3 Å². The lowest BCUT2D eigenvalue weighted by atomic mass is 10.1. The first kappa shape index (κ1) is 18.6. The van der Waals surface area contributed by atoms with Crippen LogP contribution in [0.4, 0.5) is 5.69 Å². The average molecular weight is 432 g/mol. The molecular weight excluding hydrogens is 410 g/mol. The standard InChI is InChI=1S/C24H21N3O3S/c28-24-16-7-1-2-8-17(16)25-22(27(24)14-15-6-5-13-29-15)19-11-12-20(30-19)23-26-18-9-3-4-10-21(18)31-23/h1-4,7-12,15,22,25H,5-6,13-14H2/t15-,22+/m0/s1. The maximum atomic E-state index is 13.4. The monoisotopic (exact) mass is 431 g/mol. The molecule has 6 nitrogen and oxygen atoms in total. The van der Waals surface area contributed by atoms with Gasteiger partial charge in [-0.2, -0.15) is 0 Å². The predicted molar refractivity (Wildman–Crippen MR) is 120 cm³/mol. The summed E-state index contributed by atoms with van der Waals surface area (Å²) in [5.41, 5.74) is 2.45. The van der Waals surface area contributed by atoms with Crippen LogP contribution in [-0.4, -0.2) is 35.0 Å². The highest BCUT2D eigenvalue weighted by atomic mass is 32.1. The Labute approximate surface area is 183 Å². The van der Waals surface area contributed by atoms with Crippen molar-refractivity contribution in [2.45, 2.75) is 25.1 Å². The molecule has 31 heavy (non-hydrogen) atoms. The van der Waals surface area contributed by atoms with Crippen LogP contribution in [0.25, 0.3) is 21.0 Å². The first-order valence-electron chi connectivity index (χ1n) is 10.5. The van der Waals surface area contributed by atoms with Crippen LogP contribution in [0.1, 0.15) is 35.1 Å². The number of hydrogen-bond acceptors (Lipinski definition) is 6. The number of amides is 1. The Balaban J connectivity index is 1.36. The molecule has 1 fully saturated rings. The van der Waals surface area contributed by atoms with Crippen LogP contribution in [0.15, 0.2) is 65.1 Å². The largest absolute Gasteiger partial charge is 0.454 e. The van der Waals surface area contributed by atoms with Crippen molar-refractivity contribution in [2.24, 2.45) is 0 Å². The third-order valence-electron chi connectivity index (χ3n) is 5.85. The molecule has 4 aromatic rings. The summed E-state index contributed by atoms with van der Waals surface area (Å²) >= 11 is 1.60. The van der Waals surface area contributed by atoms with E-state index in [0.29, 0.717) is 23.6 Å². The van der Waals surface area contributed by atoms with Gasteiger partial charge in [0.05, 0.1) is 21.9 Å². The van der Waals surface area contributed by atoms with Crippen molar-refractivity contribution in [3.63, 3.8) is 0 Å². The van der Waals surface area contributed by atoms with Gasteiger partial charge in [0.25, 0.3) is 5.91 Å². The van der Waals surface area contributed by atoms with E-state index in [9.17, 15) is 4.79 Å². The number of ether oxygens (including phenoxy) is 1. The maximum Gasteiger partial charge on any atom is 0.258 e. The van der Waals surface area contributed by atoms with E-state index in [1.54, 1.807) is 11.3 Å². The number of nitrogens with zero attached hydrogens (tertiary/aromatic N) is 2. The Kier molecular flexibility index (Phi) is 4.51. The average Bonchev–Trinajstić information content (AvgIpc) is 3.56. The number of aromatic nitrogens is 1. The van der Waals surface area contributed by atoms with Crippen molar-refractivity contribution in [3.05, 3.63) is 72.0 Å². The van der Waals surface area contributed by atoms with Crippen molar-refractivity contribution in [1.82, 2.24) is 9.88 Å². The number of thiazole rings is 1. The molecule has 0 aliphatic carbocycles. The zero-order valence-electron chi connectivity index (χ0n) is 16.8. The first-order valence-corrected chi connectivity index (χ1v) is 11.3. The molecule has 156 valence electrons. The number of hydrogen-bond donors (Lipinski definition) is 1. The summed E-state index contributed by atoms with van der Waals surface area (Å²) in [7, 11) is 0. The van der Waals surface area contributed by atoms with Gasteiger partial charge in [0.15, 0.2) is 16.9 Å².